The summed E-state index contributed by atoms with van der Waals surface area (Å²) in [5.74, 6) is -1.85. The molecular weight excluding hydrogens is 473 g/mol. The van der Waals surface area contributed by atoms with Crippen molar-refractivity contribution < 1.29 is 34.6 Å². The van der Waals surface area contributed by atoms with Gasteiger partial charge in [-0.05, 0) is 72.6 Å². The summed E-state index contributed by atoms with van der Waals surface area (Å²) >= 11 is 0. The molecule has 4 N–H and O–H groups in total. The van der Waals surface area contributed by atoms with Gasteiger partial charge >= 0.3 is 7.12 Å². The molecule has 3 aliphatic rings. The quantitative estimate of drug-likeness (QED) is 0.258. The summed E-state index contributed by atoms with van der Waals surface area (Å²) in [6.07, 6.45) is 3.57. The zero-order valence-electron chi connectivity index (χ0n) is 20.6. The summed E-state index contributed by atoms with van der Waals surface area (Å²) < 4.78 is 6.15. The second-order valence-corrected chi connectivity index (χ2v) is 10.1. The number of aromatic hydroxyl groups is 1. The molecule has 0 bridgehead atoms. The van der Waals surface area contributed by atoms with Gasteiger partial charge < -0.3 is 25.0 Å². The predicted molar refractivity (Wildman–Crippen MR) is 139 cm³/mol. The molecule has 8 nitrogen and oxygen atoms in total. The first-order valence-corrected chi connectivity index (χ1v) is 12.5. The number of phenolic OH excluding ortho intramolecular Hbond substituents is 1. The molecule has 9 heteroatoms. The molecule has 2 saturated heterocycles. The number of anilines is 1. The Labute approximate surface area is 215 Å². The molecule has 192 valence electrons. The molecule has 0 spiro atoms. The van der Waals surface area contributed by atoms with E-state index in [1.165, 1.54) is 12.1 Å². The highest BCUT2D eigenvalue weighted by Crippen LogP contribution is 2.50. The summed E-state index contributed by atoms with van der Waals surface area (Å²) in [5.41, 5.74) is 4.36. The van der Waals surface area contributed by atoms with Crippen LogP contribution in [0.1, 0.15) is 31.7 Å². The number of carbonyl (C=O) groups is 2. The van der Waals surface area contributed by atoms with E-state index in [0.717, 1.165) is 33.6 Å². The molecule has 2 aliphatic heterocycles. The summed E-state index contributed by atoms with van der Waals surface area (Å²) in [6.45, 7) is 2.16. The van der Waals surface area contributed by atoms with Gasteiger partial charge in [-0.1, -0.05) is 35.9 Å². The van der Waals surface area contributed by atoms with E-state index in [-0.39, 0.29) is 41.7 Å². The normalized spacial score (nSPS) is 25.5. The number of aliphatic hydroxyl groups excluding tert-OH is 1. The van der Waals surface area contributed by atoms with E-state index in [1.807, 2.05) is 19.1 Å². The summed E-state index contributed by atoms with van der Waals surface area (Å²) in [4.78, 5) is 28.1. The molecule has 2 aromatic rings. The Kier molecular flexibility index (Phi) is 7.05. The van der Waals surface area contributed by atoms with Gasteiger partial charge in [-0.2, -0.15) is 0 Å². The van der Waals surface area contributed by atoms with Crippen LogP contribution < -0.4 is 10.4 Å². The van der Waals surface area contributed by atoms with Gasteiger partial charge in [0, 0.05) is 5.92 Å². The van der Waals surface area contributed by atoms with Crippen LogP contribution in [0.2, 0.25) is 0 Å². The van der Waals surface area contributed by atoms with E-state index in [9.17, 15) is 29.9 Å². The standard InChI is InChI=1S/C28H30BNO7/c1-16(11-17-6-8-21(32)9-7-17)5-10-24-25-18(14-31)12-22-26(23(25)15-37-24)28(34)30(27(22)33)20-4-2-3-19(13-20)29(35)36/h2-4,6-9,11,13,22-24,26,31-32,35-36H,5,10,12,14-15H2,1H3/b16-11+/t22-,23+,24-,26-/m1/s1. The number of fused-ring (bicyclic) bond motifs is 3. The smallest absolute Gasteiger partial charge is 0.488 e. The van der Waals surface area contributed by atoms with Crippen molar-refractivity contribution in [1.29, 1.82) is 0 Å². The molecule has 37 heavy (non-hydrogen) atoms. The second kappa shape index (κ2) is 10.3. The van der Waals surface area contributed by atoms with Crippen molar-refractivity contribution in [2.45, 2.75) is 32.3 Å². The third-order valence-corrected chi connectivity index (χ3v) is 7.73. The van der Waals surface area contributed by atoms with Crippen LogP contribution in [-0.4, -0.2) is 58.5 Å². The van der Waals surface area contributed by atoms with E-state index in [4.69, 9.17) is 4.74 Å². The lowest BCUT2D eigenvalue weighted by atomic mass is 9.69. The number of aliphatic hydroxyl groups is 1. The van der Waals surface area contributed by atoms with Crippen molar-refractivity contribution in [3.05, 3.63) is 70.8 Å². The predicted octanol–water partition coefficient (Wildman–Crippen LogP) is 1.77. The number of hydrogen-bond donors (Lipinski definition) is 4. The van der Waals surface area contributed by atoms with Crippen LogP contribution in [0.15, 0.2) is 65.3 Å². The van der Waals surface area contributed by atoms with Gasteiger partial charge in [0.15, 0.2) is 0 Å². The van der Waals surface area contributed by atoms with Crippen molar-refractivity contribution in [3.63, 3.8) is 0 Å². The minimum atomic E-state index is -1.71. The highest BCUT2D eigenvalue weighted by molar-refractivity contribution is 6.58. The topological polar surface area (TPSA) is 128 Å². The van der Waals surface area contributed by atoms with Crippen molar-refractivity contribution in [2.75, 3.05) is 18.1 Å². The highest BCUT2D eigenvalue weighted by atomic mass is 16.5. The van der Waals surface area contributed by atoms with Crippen molar-refractivity contribution in [3.8, 4) is 5.75 Å². The molecule has 2 amide bonds. The number of allylic oxidation sites excluding steroid dienone is 1. The lowest BCUT2D eigenvalue weighted by molar-refractivity contribution is -0.122. The zero-order chi connectivity index (χ0) is 26.3. The van der Waals surface area contributed by atoms with Crippen LogP contribution in [0.3, 0.4) is 0 Å². The van der Waals surface area contributed by atoms with Gasteiger partial charge in [-0.15, -0.1) is 0 Å². The second-order valence-electron chi connectivity index (χ2n) is 10.1. The van der Waals surface area contributed by atoms with Crippen LogP contribution in [0.5, 0.6) is 5.75 Å². The SMILES string of the molecule is C/C(=C\c1ccc(O)cc1)CC[C@H]1OC[C@H]2C1=C(CO)C[C@H]1C(=O)N(c3cccc(B(O)O)c3)C(=O)[C@H]12. The number of imide groups is 1. The summed E-state index contributed by atoms with van der Waals surface area (Å²) in [5, 5.41) is 38.7. The van der Waals surface area contributed by atoms with Crippen LogP contribution in [0.25, 0.3) is 6.08 Å². The minimum absolute atomic E-state index is 0.190. The number of nitrogens with zero attached hydrogens (tertiary/aromatic N) is 1. The lowest BCUT2D eigenvalue weighted by Gasteiger charge is -2.31. The van der Waals surface area contributed by atoms with Crippen molar-refractivity contribution in [1.82, 2.24) is 0 Å². The number of carbonyl (C=O) groups excluding carboxylic acids is 2. The summed E-state index contributed by atoms with van der Waals surface area (Å²) in [6, 6.07) is 13.1. The fourth-order valence-electron chi connectivity index (χ4n) is 5.98. The number of benzene rings is 2. The third kappa shape index (κ3) is 4.75. The first kappa shape index (κ1) is 25.4. The van der Waals surface area contributed by atoms with Crippen molar-refractivity contribution >= 4 is 36.2 Å². The molecule has 1 aliphatic carbocycles. The largest absolute Gasteiger partial charge is 0.508 e. The van der Waals surface area contributed by atoms with Crippen LogP contribution in [-0.2, 0) is 14.3 Å². The molecule has 0 saturated carbocycles. The van der Waals surface area contributed by atoms with Crippen LogP contribution in [0.4, 0.5) is 5.69 Å². The third-order valence-electron chi connectivity index (χ3n) is 7.73. The molecule has 0 aromatic heterocycles. The van der Waals surface area contributed by atoms with E-state index < -0.39 is 19.0 Å². The number of hydrogen-bond acceptors (Lipinski definition) is 7. The van der Waals surface area contributed by atoms with E-state index in [1.54, 1.807) is 24.3 Å². The highest BCUT2D eigenvalue weighted by Gasteiger charge is 2.57. The molecular formula is C28H30BNO7. The summed E-state index contributed by atoms with van der Waals surface area (Å²) in [7, 11) is -1.71. The Morgan fingerprint density at radius 3 is 2.57 bits per heavy atom. The van der Waals surface area contributed by atoms with Crippen molar-refractivity contribution in [2.24, 2.45) is 17.8 Å². The average Bonchev–Trinajstić information content (AvgIpc) is 3.42. The van der Waals surface area contributed by atoms with Gasteiger partial charge in [0.1, 0.15) is 5.75 Å². The number of ether oxygens (including phenoxy) is 1. The monoisotopic (exact) mass is 503 g/mol. The van der Waals surface area contributed by atoms with Gasteiger partial charge in [0.25, 0.3) is 0 Å². The molecule has 0 radical (unpaired) electrons. The minimum Gasteiger partial charge on any atom is -0.508 e. The molecule has 5 rings (SSSR count). The number of amides is 2. The fraction of sp³-hybridized carbons (Fsp3) is 0.357. The Balaban J connectivity index is 1.35. The Morgan fingerprint density at radius 2 is 1.86 bits per heavy atom. The molecule has 2 aromatic carbocycles. The molecule has 4 atom stereocenters. The van der Waals surface area contributed by atoms with Gasteiger partial charge in [-0.25, -0.2) is 0 Å². The van der Waals surface area contributed by atoms with Crippen LogP contribution >= 0.6 is 0 Å². The Hall–Kier alpha value is -3.24. The maximum absolute atomic E-state index is 13.6. The first-order chi connectivity index (χ1) is 17.8. The maximum Gasteiger partial charge on any atom is 0.488 e. The lowest BCUT2D eigenvalue weighted by Crippen LogP contribution is -2.35. The number of phenols is 1. The van der Waals surface area contributed by atoms with E-state index in [2.05, 4.69) is 6.08 Å². The Bertz CT molecular complexity index is 1270. The van der Waals surface area contributed by atoms with Gasteiger partial charge in [0.05, 0.1) is 36.8 Å². The molecule has 0 unspecified atom stereocenters. The number of rotatable bonds is 7. The molecule has 2 heterocycles. The first-order valence-electron chi connectivity index (χ1n) is 12.5. The fourth-order valence-corrected chi connectivity index (χ4v) is 5.98. The van der Waals surface area contributed by atoms with Crippen LogP contribution in [0, 0.1) is 17.8 Å². The van der Waals surface area contributed by atoms with Gasteiger partial charge in [-0.3, -0.25) is 14.5 Å². The Morgan fingerprint density at radius 1 is 1.11 bits per heavy atom. The van der Waals surface area contributed by atoms with Gasteiger partial charge in [0.2, 0.25) is 11.8 Å². The molecule has 2 fully saturated rings. The van der Waals surface area contributed by atoms with E-state index >= 15 is 0 Å². The average molecular weight is 503 g/mol. The van der Waals surface area contributed by atoms with E-state index in [0.29, 0.717) is 25.1 Å². The maximum atomic E-state index is 13.6. The zero-order valence-corrected chi connectivity index (χ0v) is 20.6.